The molecule has 2 N–H and O–H groups in total. The maximum absolute atomic E-state index is 11.6. The molecule has 2 saturated carbocycles. The molecule has 3 heteroatoms. The first-order valence-electron chi connectivity index (χ1n) is 5.77. The topological polar surface area (TPSA) is 41.1 Å². The maximum atomic E-state index is 11.6. The Morgan fingerprint density at radius 2 is 2.21 bits per heavy atom. The fraction of sp³-hybridized carbons (Fsp3) is 0.909. The number of nitrogens with one attached hydrogen (secondary N) is 2. The highest BCUT2D eigenvalue weighted by Gasteiger charge is 2.37. The zero-order chi connectivity index (χ0) is 10.1. The van der Waals surface area contributed by atoms with E-state index >= 15 is 0 Å². The molecule has 0 aromatic carbocycles. The van der Waals surface area contributed by atoms with Gasteiger partial charge < -0.3 is 10.6 Å². The lowest BCUT2D eigenvalue weighted by Crippen LogP contribution is -2.44. The molecule has 0 heterocycles. The summed E-state index contributed by atoms with van der Waals surface area (Å²) in [5.41, 5.74) is 0. The molecule has 80 valence electrons. The standard InChI is InChI=1S/C11H20N2O/c1-3-8-6-10(8)12-7(2)11(14)13-9-4-5-9/h7-10,12H,3-6H2,1-2H3,(H,13,14). The molecule has 14 heavy (non-hydrogen) atoms. The lowest BCUT2D eigenvalue weighted by molar-refractivity contribution is -0.122. The summed E-state index contributed by atoms with van der Waals surface area (Å²) >= 11 is 0. The van der Waals surface area contributed by atoms with Gasteiger partial charge >= 0.3 is 0 Å². The Morgan fingerprint density at radius 3 is 2.71 bits per heavy atom. The second-order valence-electron chi connectivity index (χ2n) is 4.68. The van der Waals surface area contributed by atoms with Gasteiger partial charge in [-0.1, -0.05) is 13.3 Å². The number of rotatable bonds is 5. The van der Waals surface area contributed by atoms with Gasteiger partial charge in [-0.2, -0.15) is 0 Å². The third-order valence-electron chi connectivity index (χ3n) is 3.23. The molecular weight excluding hydrogens is 176 g/mol. The first-order chi connectivity index (χ1) is 6.70. The van der Waals surface area contributed by atoms with Crippen LogP contribution in [0.4, 0.5) is 0 Å². The fourth-order valence-corrected chi connectivity index (χ4v) is 1.85. The first kappa shape index (κ1) is 9.97. The SMILES string of the molecule is CCC1CC1NC(C)C(=O)NC1CC1. The van der Waals surface area contributed by atoms with Gasteiger partial charge in [0.05, 0.1) is 6.04 Å². The van der Waals surface area contributed by atoms with Crippen molar-refractivity contribution < 1.29 is 4.79 Å². The predicted molar refractivity (Wildman–Crippen MR) is 55.9 cm³/mol. The summed E-state index contributed by atoms with van der Waals surface area (Å²) in [5.74, 6) is 0.987. The summed E-state index contributed by atoms with van der Waals surface area (Å²) in [4.78, 5) is 11.6. The second-order valence-corrected chi connectivity index (χ2v) is 4.68. The van der Waals surface area contributed by atoms with Gasteiger partial charge in [-0.3, -0.25) is 4.79 Å². The van der Waals surface area contributed by atoms with Crippen molar-refractivity contribution in [1.29, 1.82) is 0 Å². The molecule has 2 aliphatic carbocycles. The number of amides is 1. The third-order valence-corrected chi connectivity index (χ3v) is 3.23. The summed E-state index contributed by atoms with van der Waals surface area (Å²) in [6.07, 6.45) is 4.81. The predicted octanol–water partition coefficient (Wildman–Crippen LogP) is 1.04. The zero-order valence-electron chi connectivity index (χ0n) is 9.05. The molecule has 1 amide bonds. The van der Waals surface area contributed by atoms with E-state index in [0.717, 1.165) is 5.92 Å². The highest BCUT2D eigenvalue weighted by atomic mass is 16.2. The first-order valence-corrected chi connectivity index (χ1v) is 5.77. The van der Waals surface area contributed by atoms with Crippen molar-refractivity contribution >= 4 is 5.91 Å². The quantitative estimate of drug-likeness (QED) is 0.690. The van der Waals surface area contributed by atoms with Crippen molar-refractivity contribution in [1.82, 2.24) is 10.6 Å². The van der Waals surface area contributed by atoms with Crippen LogP contribution in [0.3, 0.4) is 0 Å². The Balaban J connectivity index is 1.66. The molecule has 0 aromatic heterocycles. The number of carbonyl (C=O) groups excluding carboxylic acids is 1. The van der Waals surface area contributed by atoms with Crippen molar-refractivity contribution in [3.05, 3.63) is 0 Å². The van der Waals surface area contributed by atoms with Gasteiger partial charge in [-0.15, -0.1) is 0 Å². The van der Waals surface area contributed by atoms with E-state index in [-0.39, 0.29) is 11.9 Å². The number of hydrogen-bond donors (Lipinski definition) is 2. The maximum Gasteiger partial charge on any atom is 0.237 e. The van der Waals surface area contributed by atoms with E-state index < -0.39 is 0 Å². The molecule has 0 aliphatic heterocycles. The normalized spacial score (nSPS) is 32.4. The second kappa shape index (κ2) is 3.89. The van der Waals surface area contributed by atoms with Crippen LogP contribution in [0.25, 0.3) is 0 Å². The molecule has 3 atom stereocenters. The lowest BCUT2D eigenvalue weighted by Gasteiger charge is -2.13. The van der Waals surface area contributed by atoms with Gasteiger partial charge in [0.2, 0.25) is 5.91 Å². The fourth-order valence-electron chi connectivity index (χ4n) is 1.85. The van der Waals surface area contributed by atoms with Gasteiger partial charge in [0, 0.05) is 12.1 Å². The molecule has 2 rings (SSSR count). The summed E-state index contributed by atoms with van der Waals surface area (Å²) < 4.78 is 0. The van der Waals surface area contributed by atoms with E-state index in [1.807, 2.05) is 6.92 Å². The van der Waals surface area contributed by atoms with Crippen molar-refractivity contribution in [3.8, 4) is 0 Å². The molecule has 0 spiro atoms. The van der Waals surface area contributed by atoms with Crippen LogP contribution in [-0.4, -0.2) is 24.0 Å². The van der Waals surface area contributed by atoms with E-state index in [4.69, 9.17) is 0 Å². The van der Waals surface area contributed by atoms with E-state index in [0.29, 0.717) is 12.1 Å². The van der Waals surface area contributed by atoms with Crippen LogP contribution in [0.5, 0.6) is 0 Å². The molecule has 0 bridgehead atoms. The molecule has 2 aliphatic rings. The minimum Gasteiger partial charge on any atom is -0.352 e. The van der Waals surface area contributed by atoms with Crippen LogP contribution < -0.4 is 10.6 Å². The highest BCUT2D eigenvalue weighted by molar-refractivity contribution is 5.81. The Labute approximate surface area is 85.6 Å². The lowest BCUT2D eigenvalue weighted by atomic mass is 10.2. The third kappa shape index (κ3) is 2.47. The van der Waals surface area contributed by atoms with Crippen LogP contribution in [0, 0.1) is 5.92 Å². The summed E-state index contributed by atoms with van der Waals surface area (Å²) in [6, 6.07) is 1.06. The monoisotopic (exact) mass is 196 g/mol. The number of hydrogen-bond acceptors (Lipinski definition) is 2. The summed E-state index contributed by atoms with van der Waals surface area (Å²) in [5, 5.41) is 6.39. The van der Waals surface area contributed by atoms with Gasteiger partial charge in [0.1, 0.15) is 0 Å². The summed E-state index contributed by atoms with van der Waals surface area (Å²) in [7, 11) is 0. The van der Waals surface area contributed by atoms with Gasteiger partial charge in [-0.05, 0) is 32.1 Å². The number of carbonyl (C=O) groups is 1. The molecule has 2 fully saturated rings. The molecule has 3 unspecified atom stereocenters. The largest absolute Gasteiger partial charge is 0.352 e. The van der Waals surface area contributed by atoms with E-state index in [9.17, 15) is 4.79 Å². The van der Waals surface area contributed by atoms with Crippen LogP contribution >= 0.6 is 0 Å². The smallest absolute Gasteiger partial charge is 0.237 e. The average molecular weight is 196 g/mol. The van der Waals surface area contributed by atoms with Crippen LogP contribution in [0.15, 0.2) is 0 Å². The van der Waals surface area contributed by atoms with Crippen LogP contribution in [0.2, 0.25) is 0 Å². The molecule has 0 saturated heterocycles. The summed E-state index contributed by atoms with van der Waals surface area (Å²) in [6.45, 7) is 4.17. The Kier molecular flexibility index (Phi) is 2.77. The Morgan fingerprint density at radius 1 is 1.50 bits per heavy atom. The highest BCUT2D eigenvalue weighted by Crippen LogP contribution is 2.33. The Hall–Kier alpha value is -0.570. The van der Waals surface area contributed by atoms with Crippen LogP contribution in [-0.2, 0) is 4.79 Å². The van der Waals surface area contributed by atoms with E-state index in [2.05, 4.69) is 17.6 Å². The van der Waals surface area contributed by atoms with Gasteiger partial charge in [-0.25, -0.2) is 0 Å². The zero-order valence-corrected chi connectivity index (χ0v) is 9.05. The Bertz CT molecular complexity index is 225. The molecular formula is C11H20N2O. The van der Waals surface area contributed by atoms with Gasteiger partial charge in [0.25, 0.3) is 0 Å². The minimum absolute atomic E-state index is 0.0165. The van der Waals surface area contributed by atoms with Crippen molar-refractivity contribution in [2.24, 2.45) is 5.92 Å². The van der Waals surface area contributed by atoms with Gasteiger partial charge in [0.15, 0.2) is 0 Å². The molecule has 3 nitrogen and oxygen atoms in total. The van der Waals surface area contributed by atoms with Crippen molar-refractivity contribution in [2.75, 3.05) is 0 Å². The molecule has 0 aromatic rings. The minimum atomic E-state index is -0.0165. The molecule has 0 radical (unpaired) electrons. The van der Waals surface area contributed by atoms with Crippen molar-refractivity contribution in [3.63, 3.8) is 0 Å². The average Bonchev–Trinajstić information content (AvgIpc) is 3.00. The van der Waals surface area contributed by atoms with E-state index in [1.165, 1.54) is 25.7 Å². The van der Waals surface area contributed by atoms with Crippen LogP contribution in [0.1, 0.15) is 39.5 Å². The van der Waals surface area contributed by atoms with Crippen molar-refractivity contribution in [2.45, 2.75) is 57.7 Å². The van der Waals surface area contributed by atoms with E-state index in [1.54, 1.807) is 0 Å².